The van der Waals surface area contributed by atoms with E-state index in [1.54, 1.807) is 36.4 Å². The molecule has 0 aliphatic rings. The fourth-order valence-electron chi connectivity index (χ4n) is 1.76. The first-order valence-electron chi connectivity index (χ1n) is 5.93. The number of anilines is 1. The molecule has 106 valence electrons. The summed E-state index contributed by atoms with van der Waals surface area (Å²) >= 11 is 0. The van der Waals surface area contributed by atoms with Crippen LogP contribution in [0.2, 0.25) is 0 Å². The molecular weight excluding hydrogens is 281 g/mol. The molecule has 21 heavy (non-hydrogen) atoms. The van der Waals surface area contributed by atoms with Gasteiger partial charge in [0.25, 0.3) is 0 Å². The molecule has 2 rings (SSSR count). The molecule has 0 heterocycles. The Morgan fingerprint density at radius 3 is 2.33 bits per heavy atom. The second-order valence-electron chi connectivity index (χ2n) is 4.18. The van der Waals surface area contributed by atoms with Gasteiger partial charge in [0.1, 0.15) is 0 Å². The number of nitriles is 1. The van der Waals surface area contributed by atoms with E-state index >= 15 is 0 Å². The lowest BCUT2D eigenvalue weighted by Crippen LogP contribution is -2.21. The molecule has 0 fully saturated rings. The van der Waals surface area contributed by atoms with E-state index in [9.17, 15) is 18.0 Å². The van der Waals surface area contributed by atoms with E-state index in [4.69, 9.17) is 5.26 Å². The van der Waals surface area contributed by atoms with Gasteiger partial charge in [0, 0.05) is 0 Å². The van der Waals surface area contributed by atoms with Crippen LogP contribution in [0.5, 0.6) is 0 Å². The first-order chi connectivity index (χ1) is 10.0. The summed E-state index contributed by atoms with van der Waals surface area (Å²) in [6.07, 6.45) is 0. The molecule has 0 aliphatic heterocycles. The van der Waals surface area contributed by atoms with Gasteiger partial charge < -0.3 is 5.32 Å². The van der Waals surface area contributed by atoms with Gasteiger partial charge in [0.05, 0.1) is 11.8 Å². The van der Waals surface area contributed by atoms with E-state index in [0.29, 0.717) is 11.6 Å². The zero-order valence-corrected chi connectivity index (χ0v) is 10.6. The largest absolute Gasteiger partial charge is 0.322 e. The molecule has 0 spiro atoms. The molecule has 1 amide bonds. The van der Waals surface area contributed by atoms with E-state index in [1.165, 1.54) is 0 Å². The Morgan fingerprint density at radius 2 is 1.71 bits per heavy atom. The normalized spacial score (nSPS) is 11.5. The van der Waals surface area contributed by atoms with Crippen molar-refractivity contribution in [2.24, 2.45) is 0 Å². The number of halogens is 3. The first kappa shape index (κ1) is 14.6. The number of nitrogens with one attached hydrogen (secondary N) is 1. The van der Waals surface area contributed by atoms with Crippen molar-refractivity contribution in [1.29, 1.82) is 5.26 Å². The molecule has 2 aromatic rings. The van der Waals surface area contributed by atoms with E-state index in [0.717, 1.165) is 6.07 Å². The van der Waals surface area contributed by atoms with Crippen LogP contribution in [0.1, 0.15) is 11.5 Å². The summed E-state index contributed by atoms with van der Waals surface area (Å²) < 4.78 is 39.4. The Balaban J connectivity index is 2.26. The van der Waals surface area contributed by atoms with E-state index < -0.39 is 35.0 Å². The average molecular weight is 290 g/mol. The highest BCUT2D eigenvalue weighted by molar-refractivity contribution is 5.97. The standard InChI is InChI=1S/C15H9F3N2O/c16-11-6-7-12(14(18)13(11)17)20-15(21)10(8-19)9-4-2-1-3-5-9/h1-7,10H,(H,20,21). The van der Waals surface area contributed by atoms with Gasteiger partial charge in [0.2, 0.25) is 5.91 Å². The highest BCUT2D eigenvalue weighted by atomic mass is 19.2. The molecule has 1 atom stereocenters. The maximum Gasteiger partial charge on any atom is 0.246 e. The molecule has 0 radical (unpaired) electrons. The molecular formula is C15H9F3N2O. The van der Waals surface area contributed by atoms with Crippen molar-refractivity contribution in [2.75, 3.05) is 5.32 Å². The van der Waals surface area contributed by atoms with Crippen molar-refractivity contribution in [2.45, 2.75) is 5.92 Å². The number of hydrogen-bond acceptors (Lipinski definition) is 2. The van der Waals surface area contributed by atoms with Crippen LogP contribution in [0, 0.1) is 28.8 Å². The fraction of sp³-hybridized carbons (Fsp3) is 0.0667. The maximum absolute atomic E-state index is 13.5. The zero-order chi connectivity index (χ0) is 15.4. The number of hydrogen-bond donors (Lipinski definition) is 1. The lowest BCUT2D eigenvalue weighted by Gasteiger charge is -2.11. The minimum atomic E-state index is -1.68. The predicted molar refractivity (Wildman–Crippen MR) is 69.7 cm³/mol. The minimum Gasteiger partial charge on any atom is -0.322 e. The predicted octanol–water partition coefficient (Wildman–Crippen LogP) is 3.35. The van der Waals surface area contributed by atoms with Crippen LogP contribution in [0.3, 0.4) is 0 Å². The number of carbonyl (C=O) groups excluding carboxylic acids is 1. The number of nitrogens with zero attached hydrogens (tertiary/aromatic N) is 1. The summed E-state index contributed by atoms with van der Waals surface area (Å²) in [5, 5.41) is 11.1. The zero-order valence-electron chi connectivity index (χ0n) is 10.6. The first-order valence-corrected chi connectivity index (χ1v) is 5.93. The van der Waals surface area contributed by atoms with Crippen LogP contribution in [0.25, 0.3) is 0 Å². The minimum absolute atomic E-state index is 0.417. The van der Waals surface area contributed by atoms with Gasteiger partial charge in [-0.25, -0.2) is 13.2 Å². The highest BCUT2D eigenvalue weighted by Gasteiger charge is 2.22. The van der Waals surface area contributed by atoms with Gasteiger partial charge in [-0.15, -0.1) is 0 Å². The molecule has 0 aromatic heterocycles. The summed E-state index contributed by atoms with van der Waals surface area (Å²) in [4.78, 5) is 12.0. The molecule has 3 nitrogen and oxygen atoms in total. The van der Waals surface area contributed by atoms with Crippen molar-refractivity contribution < 1.29 is 18.0 Å². The van der Waals surface area contributed by atoms with Crippen molar-refractivity contribution in [1.82, 2.24) is 0 Å². The molecule has 1 N–H and O–H groups in total. The van der Waals surface area contributed by atoms with Gasteiger partial charge in [-0.1, -0.05) is 30.3 Å². The van der Waals surface area contributed by atoms with Crippen molar-refractivity contribution in [3.63, 3.8) is 0 Å². The average Bonchev–Trinajstić information content (AvgIpc) is 2.50. The van der Waals surface area contributed by atoms with Crippen molar-refractivity contribution in [3.8, 4) is 6.07 Å². The topological polar surface area (TPSA) is 52.9 Å². The second kappa shape index (κ2) is 6.09. The molecule has 1 unspecified atom stereocenters. The smallest absolute Gasteiger partial charge is 0.246 e. The molecule has 2 aromatic carbocycles. The van der Waals surface area contributed by atoms with Crippen LogP contribution >= 0.6 is 0 Å². The van der Waals surface area contributed by atoms with Crippen molar-refractivity contribution >= 4 is 11.6 Å². The van der Waals surface area contributed by atoms with Gasteiger partial charge in [0.15, 0.2) is 23.4 Å². The summed E-state index contributed by atoms with van der Waals surface area (Å²) in [5.41, 5.74) is -0.101. The third-order valence-electron chi connectivity index (χ3n) is 2.82. The number of amides is 1. The lowest BCUT2D eigenvalue weighted by molar-refractivity contribution is -0.116. The van der Waals surface area contributed by atoms with Crippen LogP contribution in [-0.4, -0.2) is 5.91 Å². The van der Waals surface area contributed by atoms with Gasteiger partial charge >= 0.3 is 0 Å². The molecule has 0 aliphatic carbocycles. The highest BCUT2D eigenvalue weighted by Crippen LogP contribution is 2.22. The Labute approximate surface area is 118 Å². The fourth-order valence-corrected chi connectivity index (χ4v) is 1.76. The summed E-state index contributed by atoms with van der Waals surface area (Å²) in [7, 11) is 0. The van der Waals surface area contributed by atoms with Crippen LogP contribution in [0.4, 0.5) is 18.9 Å². The third kappa shape index (κ3) is 3.03. The van der Waals surface area contributed by atoms with Crippen LogP contribution in [0.15, 0.2) is 42.5 Å². The number of rotatable bonds is 3. The van der Waals surface area contributed by atoms with E-state index in [-0.39, 0.29) is 0 Å². The van der Waals surface area contributed by atoms with Gasteiger partial charge in [-0.05, 0) is 17.7 Å². The quantitative estimate of drug-likeness (QED) is 0.881. The van der Waals surface area contributed by atoms with Gasteiger partial charge in [-0.2, -0.15) is 5.26 Å². The molecule has 6 heteroatoms. The van der Waals surface area contributed by atoms with Crippen molar-refractivity contribution in [3.05, 3.63) is 65.5 Å². The Hall–Kier alpha value is -2.81. The lowest BCUT2D eigenvalue weighted by atomic mass is 10.00. The van der Waals surface area contributed by atoms with E-state index in [1.807, 2.05) is 0 Å². The Bertz CT molecular complexity index is 711. The molecule has 0 bridgehead atoms. The third-order valence-corrected chi connectivity index (χ3v) is 2.82. The number of carbonyl (C=O) groups is 1. The molecule has 0 saturated carbocycles. The summed E-state index contributed by atoms with van der Waals surface area (Å²) in [5.74, 6) is -6.55. The Morgan fingerprint density at radius 1 is 1.05 bits per heavy atom. The summed E-state index contributed by atoms with van der Waals surface area (Å²) in [6.45, 7) is 0. The monoisotopic (exact) mass is 290 g/mol. The SMILES string of the molecule is N#CC(C(=O)Nc1ccc(F)c(F)c1F)c1ccccc1. The molecule has 0 saturated heterocycles. The number of benzene rings is 2. The maximum atomic E-state index is 13.5. The summed E-state index contributed by atoms with van der Waals surface area (Å²) in [6, 6.07) is 11.5. The van der Waals surface area contributed by atoms with Crippen LogP contribution in [-0.2, 0) is 4.79 Å². The van der Waals surface area contributed by atoms with Crippen LogP contribution < -0.4 is 5.32 Å². The van der Waals surface area contributed by atoms with E-state index in [2.05, 4.69) is 5.32 Å². The Kier molecular flexibility index (Phi) is 4.24. The van der Waals surface area contributed by atoms with Gasteiger partial charge in [-0.3, -0.25) is 4.79 Å². The second-order valence-corrected chi connectivity index (χ2v) is 4.18.